The molecular formula is C42H70O35. The van der Waals surface area contributed by atoms with E-state index in [9.17, 15) is 107 Å². The molecule has 0 amide bonds. The van der Waals surface area contributed by atoms with Crippen molar-refractivity contribution < 1.29 is 174 Å². The molecule has 21 saturated heterocycles. The minimum Gasteiger partial charge on any atom is -0.394 e. The van der Waals surface area contributed by atoms with Crippen LogP contribution in [0.4, 0.5) is 0 Å². The molecule has 0 aromatic rings. The molecule has 0 saturated carbocycles. The highest BCUT2D eigenvalue weighted by atomic mass is 16.8. The summed E-state index contributed by atoms with van der Waals surface area (Å²) in [5, 5.41) is 230. The molecule has 0 radical (unpaired) electrons. The summed E-state index contributed by atoms with van der Waals surface area (Å²) in [4.78, 5) is 0. The summed E-state index contributed by atoms with van der Waals surface area (Å²) >= 11 is 0. The Morgan fingerprint density at radius 2 is 0.260 bits per heavy atom. The van der Waals surface area contributed by atoms with Crippen LogP contribution in [0.2, 0.25) is 0 Å². The van der Waals surface area contributed by atoms with Crippen molar-refractivity contribution in [2.45, 2.75) is 215 Å². The second-order valence-corrected chi connectivity index (χ2v) is 19.7. The molecule has 448 valence electrons. The molecule has 0 aromatic carbocycles. The Morgan fingerprint density at radius 1 is 0.156 bits per heavy atom. The van der Waals surface area contributed by atoms with Crippen LogP contribution in [0, 0.1) is 0 Å². The predicted molar refractivity (Wildman–Crippen MR) is 228 cm³/mol. The number of aliphatic hydroxyl groups excluding tert-OH is 21. The summed E-state index contributed by atoms with van der Waals surface area (Å²) in [6, 6.07) is 0. The number of hydrogen-bond acceptors (Lipinski definition) is 35. The Balaban J connectivity index is 1.08. The monoisotopic (exact) mass is 1130 g/mol. The zero-order valence-corrected chi connectivity index (χ0v) is 40.3. The molecule has 21 heterocycles. The minimum atomic E-state index is -2.21. The van der Waals surface area contributed by atoms with E-state index in [4.69, 9.17) is 66.3 Å². The van der Waals surface area contributed by atoms with Crippen LogP contribution in [0.25, 0.3) is 0 Å². The van der Waals surface area contributed by atoms with E-state index in [-0.39, 0.29) is 0 Å². The first kappa shape index (κ1) is 61.7. The number of hydrogen-bond donors (Lipinski definition) is 21. The molecule has 35 heteroatoms. The van der Waals surface area contributed by atoms with Crippen molar-refractivity contribution in [1.29, 1.82) is 0 Å². The molecule has 77 heavy (non-hydrogen) atoms. The van der Waals surface area contributed by atoms with E-state index in [1.807, 2.05) is 0 Å². The maximum atomic E-state index is 11.3. The van der Waals surface area contributed by atoms with Crippen LogP contribution >= 0.6 is 0 Å². The molecule has 0 spiro atoms. The normalized spacial score (nSPS) is 55.4. The third-order valence-electron chi connectivity index (χ3n) is 14.8. The van der Waals surface area contributed by atoms with Crippen molar-refractivity contribution in [1.82, 2.24) is 0 Å². The molecule has 21 N–H and O–H groups in total. The first-order valence-corrected chi connectivity index (χ1v) is 24.6. The van der Waals surface area contributed by atoms with Gasteiger partial charge in [0.05, 0.1) is 46.2 Å². The van der Waals surface area contributed by atoms with Gasteiger partial charge in [-0.15, -0.1) is 0 Å². The highest BCUT2D eigenvalue weighted by Gasteiger charge is 2.59. The largest absolute Gasteiger partial charge is 0.394 e. The molecule has 0 unspecified atom stereocenters. The van der Waals surface area contributed by atoms with E-state index in [0.29, 0.717) is 0 Å². The van der Waals surface area contributed by atoms with Gasteiger partial charge in [0.2, 0.25) is 0 Å². The topological polar surface area (TPSA) is 554 Å². The van der Waals surface area contributed by atoms with E-state index < -0.39 is 261 Å². The van der Waals surface area contributed by atoms with Crippen molar-refractivity contribution in [3.63, 3.8) is 0 Å². The van der Waals surface area contributed by atoms with Crippen molar-refractivity contribution in [3.05, 3.63) is 0 Å². The molecule has 0 aromatic heterocycles. The van der Waals surface area contributed by atoms with Crippen molar-refractivity contribution in [2.24, 2.45) is 0 Å². The lowest BCUT2D eigenvalue weighted by Crippen LogP contribution is -2.68. The molecule has 21 aliphatic heterocycles. The highest BCUT2D eigenvalue weighted by molar-refractivity contribution is 5.01. The minimum absolute atomic E-state index is 1.05. The van der Waals surface area contributed by atoms with Crippen LogP contribution in [0.3, 0.4) is 0 Å². The van der Waals surface area contributed by atoms with Gasteiger partial charge in [-0.25, -0.2) is 0 Å². The van der Waals surface area contributed by atoms with Gasteiger partial charge in [-0.05, 0) is 0 Å². The number of rotatable bonds is 7. The molecular weight excluding hydrogens is 1060 g/mol. The Labute approximate surface area is 434 Å². The predicted octanol–water partition coefficient (Wildman–Crippen LogP) is -15.2. The molecule has 35 atom stereocenters. The van der Waals surface area contributed by atoms with Gasteiger partial charge in [0.1, 0.15) is 171 Å². The Morgan fingerprint density at radius 3 is 0.351 bits per heavy atom. The summed E-state index contributed by atoms with van der Waals surface area (Å²) < 4.78 is 79.5. The van der Waals surface area contributed by atoms with Crippen molar-refractivity contribution in [3.8, 4) is 0 Å². The van der Waals surface area contributed by atoms with Gasteiger partial charge in [-0.1, -0.05) is 0 Å². The molecule has 21 aliphatic rings. The molecule has 14 bridgehead atoms. The van der Waals surface area contributed by atoms with Crippen LogP contribution in [0.1, 0.15) is 0 Å². The molecule has 21 fully saturated rings. The van der Waals surface area contributed by atoms with Crippen LogP contribution in [-0.2, 0) is 66.3 Å². The zero-order chi connectivity index (χ0) is 56.1. The van der Waals surface area contributed by atoms with Gasteiger partial charge in [-0.2, -0.15) is 0 Å². The fraction of sp³-hybridized carbons (Fsp3) is 1.00. The third kappa shape index (κ3) is 12.1. The summed E-state index contributed by atoms with van der Waals surface area (Å²) in [7, 11) is 0. The summed E-state index contributed by atoms with van der Waals surface area (Å²) in [5.41, 5.74) is 0. The first-order chi connectivity index (χ1) is 36.7. The Hall–Kier alpha value is -1.40. The molecule has 0 aliphatic carbocycles. The van der Waals surface area contributed by atoms with Crippen LogP contribution < -0.4 is 0 Å². The van der Waals surface area contributed by atoms with Gasteiger partial charge < -0.3 is 174 Å². The fourth-order valence-corrected chi connectivity index (χ4v) is 10.4. The lowest BCUT2D eigenvalue weighted by Gasteiger charge is -2.50. The van der Waals surface area contributed by atoms with Gasteiger partial charge in [0.15, 0.2) is 44.0 Å². The van der Waals surface area contributed by atoms with E-state index in [1.165, 1.54) is 0 Å². The zero-order valence-electron chi connectivity index (χ0n) is 40.3. The van der Waals surface area contributed by atoms with E-state index in [1.54, 1.807) is 0 Å². The lowest BCUT2D eigenvalue weighted by molar-refractivity contribution is -0.396. The fourth-order valence-electron chi connectivity index (χ4n) is 10.4. The Bertz CT molecular complexity index is 1470. The van der Waals surface area contributed by atoms with Gasteiger partial charge in [0.25, 0.3) is 0 Å². The van der Waals surface area contributed by atoms with E-state index in [2.05, 4.69) is 0 Å². The van der Waals surface area contributed by atoms with Gasteiger partial charge in [-0.3, -0.25) is 0 Å². The molecule has 21 rings (SSSR count). The first-order valence-electron chi connectivity index (χ1n) is 24.6. The second-order valence-electron chi connectivity index (χ2n) is 19.7. The SMILES string of the molecule is OC[C@@H]1O[C@@H]2O[C@H]3[C@H](O)[C@@H](O)[C@@H](O[C@H]4[C@H](O)[C@@H](O)[C@@H](O[C@H]5[C@H](O)[C@@H](O)[C@@H](O[C@H]6[C@H](O)[C@@H](O)[C@H](O[C@H]7[C@H](O)[C@@H](O)[C@H](O[C@H]8[C@H](O)[C@@H](O)[C@@H](O[C@H]1[C@H](O)[C@H]2O)O[C@@H]8CO)O[C@@H]7CO)O[C@@H]6CO)O[C@@H]5CO)O[C@@H]4CO)O[C@@H]3CO. The second kappa shape index (κ2) is 26.0. The van der Waals surface area contributed by atoms with Crippen molar-refractivity contribution in [2.75, 3.05) is 46.2 Å². The highest BCUT2D eigenvalue weighted by Crippen LogP contribution is 2.39. The quantitative estimate of drug-likeness (QED) is 0.113. The van der Waals surface area contributed by atoms with Crippen molar-refractivity contribution >= 4 is 0 Å². The van der Waals surface area contributed by atoms with Crippen LogP contribution in [0.15, 0.2) is 0 Å². The maximum Gasteiger partial charge on any atom is 0.187 e. The third-order valence-corrected chi connectivity index (χ3v) is 14.8. The standard InChI is InChI=1S/C42H70O35/c43-1-8-29-15(50)22(57)36(64-8)72-30-9(2-44)66-38(24(59)17(30)52)74-32-11(4-46)68-40(26(61)19(32)54)76-34-13(6-48)70-42(28(63)21(34)56)77-35-14(7-49)69-41(27(62)20(35)55)75-33-12(5-47)67-39(25(60)18(33)53)73-31-10(3-45)65-37(71-29)23(58)16(31)51/h8-63H,1-7H2/t8-,9-,10-,11-,12-,13-,14+,15-,16-,17-,18-,19-,20-,21-,22-,23-,24-,25-,26-,27-,28-,29-,30-,31-,32-,33-,34-,35-,36-,37-,38+,39-,40+,41-,42-/m1/s1. The Kier molecular flexibility index (Phi) is 20.8. The van der Waals surface area contributed by atoms with E-state index in [0.717, 1.165) is 0 Å². The van der Waals surface area contributed by atoms with Gasteiger partial charge in [0, 0.05) is 0 Å². The number of aliphatic hydroxyl groups is 21. The average molecular weight is 1130 g/mol. The maximum absolute atomic E-state index is 11.3. The lowest BCUT2D eigenvalue weighted by atomic mass is 9.95. The van der Waals surface area contributed by atoms with Gasteiger partial charge >= 0.3 is 0 Å². The van der Waals surface area contributed by atoms with E-state index >= 15 is 0 Å². The van der Waals surface area contributed by atoms with Crippen LogP contribution in [0.5, 0.6) is 0 Å². The smallest absolute Gasteiger partial charge is 0.187 e. The summed E-state index contributed by atoms with van der Waals surface area (Å²) in [6.45, 7) is -7.33. The average Bonchev–Trinajstić information content (AvgIpc) is 3.45. The summed E-state index contributed by atoms with van der Waals surface area (Å²) in [5.74, 6) is 0. The number of ether oxygens (including phenoxy) is 14. The molecule has 35 nitrogen and oxygen atoms in total. The summed E-state index contributed by atoms with van der Waals surface area (Å²) in [6.07, 6.45) is -70.2. The van der Waals surface area contributed by atoms with Crippen LogP contribution in [-0.4, -0.2) is 368 Å².